The van der Waals surface area contributed by atoms with Crippen molar-refractivity contribution < 1.29 is 14.6 Å². The normalized spacial score (nSPS) is 25.3. The second kappa shape index (κ2) is 4.95. The van der Waals surface area contributed by atoms with Crippen LogP contribution in [0.15, 0.2) is 28.7 Å². The van der Waals surface area contributed by atoms with Gasteiger partial charge in [0.05, 0.1) is 12.7 Å². The van der Waals surface area contributed by atoms with E-state index in [0.29, 0.717) is 6.54 Å². The zero-order valence-corrected chi connectivity index (χ0v) is 10.1. The van der Waals surface area contributed by atoms with E-state index in [-0.39, 0.29) is 12.7 Å². The van der Waals surface area contributed by atoms with Crippen molar-refractivity contribution in [3.63, 3.8) is 0 Å². The van der Waals surface area contributed by atoms with Gasteiger partial charge in [-0.25, -0.2) is 0 Å². The number of carboxylic acids is 1. The second-order valence-corrected chi connectivity index (χ2v) is 4.50. The molecule has 1 saturated heterocycles. The molecule has 2 unspecified atom stereocenters. The number of carbonyl (C=O) groups is 1. The summed E-state index contributed by atoms with van der Waals surface area (Å²) in [7, 11) is 0. The molecule has 0 spiro atoms. The molecule has 0 radical (unpaired) electrons. The SMILES string of the molecule is O=C(O)C1COC(c2ccccc2Br)CN1. The summed E-state index contributed by atoms with van der Waals surface area (Å²) in [6.07, 6.45) is -0.0915. The molecule has 2 atom stereocenters. The third-order valence-corrected chi connectivity index (χ3v) is 3.29. The van der Waals surface area contributed by atoms with Crippen LogP contribution in [-0.2, 0) is 9.53 Å². The minimum absolute atomic E-state index is 0.0915. The Kier molecular flexibility index (Phi) is 3.58. The summed E-state index contributed by atoms with van der Waals surface area (Å²) >= 11 is 3.45. The first-order valence-electron chi connectivity index (χ1n) is 5.00. The van der Waals surface area contributed by atoms with Gasteiger partial charge in [-0.2, -0.15) is 0 Å². The number of carboxylic acid groups (broad SMARTS) is 1. The summed E-state index contributed by atoms with van der Waals surface area (Å²) in [6.45, 7) is 0.709. The summed E-state index contributed by atoms with van der Waals surface area (Å²) in [5, 5.41) is 11.7. The van der Waals surface area contributed by atoms with Crippen LogP contribution in [0.3, 0.4) is 0 Å². The van der Waals surface area contributed by atoms with Gasteiger partial charge in [-0.15, -0.1) is 0 Å². The number of halogens is 1. The predicted octanol–water partition coefficient (Wildman–Crippen LogP) is 1.56. The van der Waals surface area contributed by atoms with Crippen molar-refractivity contribution in [3.8, 4) is 0 Å². The third-order valence-electron chi connectivity index (χ3n) is 2.56. The average molecular weight is 286 g/mol. The van der Waals surface area contributed by atoms with E-state index in [9.17, 15) is 4.79 Å². The van der Waals surface area contributed by atoms with E-state index in [0.717, 1.165) is 10.0 Å². The van der Waals surface area contributed by atoms with Crippen LogP contribution in [0.4, 0.5) is 0 Å². The van der Waals surface area contributed by atoms with Gasteiger partial charge < -0.3 is 9.84 Å². The molecule has 5 heteroatoms. The quantitative estimate of drug-likeness (QED) is 0.866. The molecule has 1 aliphatic rings. The molecule has 1 fully saturated rings. The first kappa shape index (κ1) is 11.6. The maximum Gasteiger partial charge on any atom is 0.323 e. The van der Waals surface area contributed by atoms with Gasteiger partial charge >= 0.3 is 5.97 Å². The van der Waals surface area contributed by atoms with Gasteiger partial charge in [0.1, 0.15) is 6.04 Å². The number of benzene rings is 1. The highest BCUT2D eigenvalue weighted by Crippen LogP contribution is 2.27. The summed E-state index contributed by atoms with van der Waals surface area (Å²) in [6, 6.07) is 7.19. The van der Waals surface area contributed by atoms with Crippen molar-refractivity contribution >= 4 is 21.9 Å². The summed E-state index contributed by atoms with van der Waals surface area (Å²) in [4.78, 5) is 10.7. The minimum atomic E-state index is -0.870. The van der Waals surface area contributed by atoms with E-state index < -0.39 is 12.0 Å². The van der Waals surface area contributed by atoms with Crippen LogP contribution < -0.4 is 5.32 Å². The van der Waals surface area contributed by atoms with Crippen LogP contribution in [0.1, 0.15) is 11.7 Å². The molecule has 0 amide bonds. The molecule has 1 aromatic carbocycles. The van der Waals surface area contributed by atoms with E-state index in [1.54, 1.807) is 0 Å². The lowest BCUT2D eigenvalue weighted by Crippen LogP contribution is -2.47. The number of aliphatic carboxylic acids is 1. The smallest absolute Gasteiger partial charge is 0.323 e. The highest BCUT2D eigenvalue weighted by Gasteiger charge is 2.27. The summed E-state index contributed by atoms with van der Waals surface area (Å²) in [5.41, 5.74) is 1.04. The fourth-order valence-corrected chi connectivity index (χ4v) is 2.21. The molecule has 1 heterocycles. The monoisotopic (exact) mass is 285 g/mol. The molecule has 1 aromatic rings. The third kappa shape index (κ3) is 2.42. The van der Waals surface area contributed by atoms with Gasteiger partial charge in [0.2, 0.25) is 0 Å². The van der Waals surface area contributed by atoms with E-state index in [1.165, 1.54) is 0 Å². The first-order valence-corrected chi connectivity index (χ1v) is 5.80. The average Bonchev–Trinajstić information content (AvgIpc) is 2.30. The van der Waals surface area contributed by atoms with Crippen molar-refractivity contribution in [2.45, 2.75) is 12.1 Å². The lowest BCUT2D eigenvalue weighted by Gasteiger charge is -2.28. The number of morpholine rings is 1. The van der Waals surface area contributed by atoms with Crippen molar-refractivity contribution in [2.24, 2.45) is 0 Å². The van der Waals surface area contributed by atoms with Crippen LogP contribution in [0, 0.1) is 0 Å². The maximum atomic E-state index is 10.7. The molecule has 0 aromatic heterocycles. The van der Waals surface area contributed by atoms with Gasteiger partial charge in [-0.05, 0) is 11.6 Å². The topological polar surface area (TPSA) is 58.6 Å². The molecular weight excluding hydrogens is 274 g/mol. The first-order chi connectivity index (χ1) is 7.68. The Morgan fingerprint density at radius 2 is 2.25 bits per heavy atom. The predicted molar refractivity (Wildman–Crippen MR) is 62.3 cm³/mol. The Morgan fingerprint density at radius 3 is 2.81 bits per heavy atom. The van der Waals surface area contributed by atoms with Crippen LogP contribution in [0.25, 0.3) is 0 Å². The van der Waals surface area contributed by atoms with Gasteiger partial charge in [0, 0.05) is 11.0 Å². The lowest BCUT2D eigenvalue weighted by atomic mass is 10.1. The van der Waals surface area contributed by atoms with Crippen molar-refractivity contribution in [1.29, 1.82) is 0 Å². The zero-order chi connectivity index (χ0) is 11.5. The molecule has 0 saturated carbocycles. The van der Waals surface area contributed by atoms with Crippen LogP contribution in [0.5, 0.6) is 0 Å². The van der Waals surface area contributed by atoms with E-state index in [2.05, 4.69) is 21.2 Å². The van der Waals surface area contributed by atoms with Gasteiger partial charge in [-0.3, -0.25) is 10.1 Å². The highest BCUT2D eigenvalue weighted by molar-refractivity contribution is 9.10. The van der Waals surface area contributed by atoms with Crippen molar-refractivity contribution in [2.75, 3.05) is 13.2 Å². The van der Waals surface area contributed by atoms with Gasteiger partial charge in [-0.1, -0.05) is 34.1 Å². The number of hydrogen-bond acceptors (Lipinski definition) is 3. The molecule has 0 bridgehead atoms. The lowest BCUT2D eigenvalue weighted by molar-refractivity contribution is -0.144. The molecule has 86 valence electrons. The Labute approximate surface area is 102 Å². The molecule has 2 rings (SSSR count). The van der Waals surface area contributed by atoms with E-state index in [1.807, 2.05) is 24.3 Å². The Bertz CT molecular complexity index is 389. The van der Waals surface area contributed by atoms with Crippen molar-refractivity contribution in [3.05, 3.63) is 34.3 Å². The number of rotatable bonds is 2. The van der Waals surface area contributed by atoms with Crippen molar-refractivity contribution in [1.82, 2.24) is 5.32 Å². The molecule has 1 aliphatic heterocycles. The number of nitrogens with one attached hydrogen (secondary N) is 1. The second-order valence-electron chi connectivity index (χ2n) is 3.64. The fraction of sp³-hybridized carbons (Fsp3) is 0.364. The molecule has 2 N–H and O–H groups in total. The highest BCUT2D eigenvalue weighted by atomic mass is 79.9. The standard InChI is InChI=1S/C11H12BrNO3/c12-8-4-2-1-3-7(8)10-5-13-9(6-16-10)11(14)15/h1-4,9-10,13H,5-6H2,(H,14,15). The Hall–Kier alpha value is -0.910. The summed E-state index contributed by atoms with van der Waals surface area (Å²) < 4.78 is 6.53. The van der Waals surface area contributed by atoms with Crippen LogP contribution in [-0.4, -0.2) is 30.3 Å². The maximum absolute atomic E-state index is 10.7. The van der Waals surface area contributed by atoms with Gasteiger partial charge in [0.25, 0.3) is 0 Å². The Morgan fingerprint density at radius 1 is 1.50 bits per heavy atom. The van der Waals surface area contributed by atoms with E-state index >= 15 is 0 Å². The fourth-order valence-electron chi connectivity index (χ4n) is 1.67. The number of ether oxygens (including phenoxy) is 1. The number of hydrogen-bond donors (Lipinski definition) is 2. The minimum Gasteiger partial charge on any atom is -0.480 e. The molecule has 4 nitrogen and oxygen atoms in total. The molecule has 0 aliphatic carbocycles. The molecule has 16 heavy (non-hydrogen) atoms. The summed E-state index contributed by atoms with van der Waals surface area (Å²) in [5.74, 6) is -0.870. The Balaban J connectivity index is 2.05. The largest absolute Gasteiger partial charge is 0.480 e. The van der Waals surface area contributed by atoms with Crippen LogP contribution in [0.2, 0.25) is 0 Å². The van der Waals surface area contributed by atoms with Crippen LogP contribution >= 0.6 is 15.9 Å². The molecular formula is C11H12BrNO3. The van der Waals surface area contributed by atoms with E-state index in [4.69, 9.17) is 9.84 Å². The van der Waals surface area contributed by atoms with Gasteiger partial charge in [0.15, 0.2) is 0 Å². The zero-order valence-electron chi connectivity index (χ0n) is 8.52.